The van der Waals surface area contributed by atoms with E-state index in [-0.39, 0.29) is 25.7 Å². The molecule has 2 aliphatic carbocycles. The molecular weight excluding hydrogens is 562 g/mol. The molecule has 10 heteroatoms. The van der Waals surface area contributed by atoms with Crippen LogP contribution in [0.2, 0.25) is 0 Å². The molecule has 4 unspecified atom stereocenters. The summed E-state index contributed by atoms with van der Waals surface area (Å²) in [4.78, 5) is 32.8. The van der Waals surface area contributed by atoms with Crippen LogP contribution in [0, 0.1) is 5.92 Å². The summed E-state index contributed by atoms with van der Waals surface area (Å²) in [5.41, 5.74) is 3.55. The van der Waals surface area contributed by atoms with Gasteiger partial charge in [0.1, 0.15) is 12.2 Å². The molecule has 3 aromatic rings. The number of rotatable bonds is 11. The fourth-order valence-electron chi connectivity index (χ4n) is 7.15. The van der Waals surface area contributed by atoms with E-state index in [4.69, 9.17) is 9.47 Å². The Morgan fingerprint density at radius 2 is 1.93 bits per heavy atom. The van der Waals surface area contributed by atoms with Crippen LogP contribution in [0.3, 0.4) is 0 Å². The number of para-hydroxylation sites is 1. The Labute approximate surface area is 256 Å². The lowest BCUT2D eigenvalue weighted by Gasteiger charge is -2.41. The molecule has 0 saturated heterocycles. The lowest BCUT2D eigenvalue weighted by atomic mass is 9.77. The molecule has 1 saturated carbocycles. The van der Waals surface area contributed by atoms with Gasteiger partial charge in [-0.15, -0.1) is 0 Å². The van der Waals surface area contributed by atoms with Gasteiger partial charge in [0.15, 0.2) is 11.5 Å². The van der Waals surface area contributed by atoms with Crippen LogP contribution in [0.15, 0.2) is 54.1 Å². The highest BCUT2D eigenvalue weighted by atomic mass is 16.5. The van der Waals surface area contributed by atoms with E-state index in [2.05, 4.69) is 16.4 Å². The molecule has 3 aliphatic rings. The number of hydrogen-bond acceptors (Lipinski definition) is 7. The summed E-state index contributed by atoms with van der Waals surface area (Å²) >= 11 is 0. The molecule has 2 heterocycles. The molecule has 6 rings (SSSR count). The van der Waals surface area contributed by atoms with Crippen molar-refractivity contribution in [1.82, 2.24) is 15.2 Å². The van der Waals surface area contributed by atoms with Crippen LogP contribution >= 0.6 is 0 Å². The Hall–Kier alpha value is -3.86. The summed E-state index contributed by atoms with van der Waals surface area (Å²) in [5, 5.41) is 35.1. The van der Waals surface area contributed by atoms with Gasteiger partial charge < -0.3 is 40.0 Å². The maximum absolute atomic E-state index is 14.0. The lowest BCUT2D eigenvalue weighted by Crippen LogP contribution is -2.56. The summed E-state index contributed by atoms with van der Waals surface area (Å²) in [6.07, 6.45) is 4.86. The predicted molar refractivity (Wildman–Crippen MR) is 164 cm³/mol. The van der Waals surface area contributed by atoms with Crippen molar-refractivity contribution in [3.05, 3.63) is 70.9 Å². The van der Waals surface area contributed by atoms with Crippen LogP contribution in [-0.2, 0) is 22.6 Å². The first-order valence-electron chi connectivity index (χ1n) is 15.5. The molecule has 10 nitrogen and oxygen atoms in total. The number of methoxy groups -OCH3 is 1. The fraction of sp³-hybridized carbons (Fsp3) is 0.471. The van der Waals surface area contributed by atoms with E-state index in [0.29, 0.717) is 53.5 Å². The molecule has 234 valence electrons. The van der Waals surface area contributed by atoms with E-state index in [1.165, 1.54) is 7.11 Å². The number of aromatic amines is 1. The van der Waals surface area contributed by atoms with Crippen molar-refractivity contribution >= 4 is 22.7 Å². The second-order valence-electron chi connectivity index (χ2n) is 12.1. The molecule has 5 N–H and O–H groups in total. The SMILES string of the molecule is COc1cc(CO)cc2c1OC1C2C(C(=O)NCCO)=CC(N(CCc2cc3ccccc3[nH]2)C(=O)CC2CCCC2)C1O. The van der Waals surface area contributed by atoms with Gasteiger partial charge in [-0.2, -0.15) is 0 Å². The van der Waals surface area contributed by atoms with E-state index in [1.807, 2.05) is 24.3 Å². The van der Waals surface area contributed by atoms with Crippen LogP contribution < -0.4 is 14.8 Å². The average Bonchev–Trinajstić information content (AvgIpc) is 3.79. The number of carbonyl (C=O) groups is 2. The van der Waals surface area contributed by atoms with E-state index in [1.54, 1.807) is 23.1 Å². The number of benzene rings is 2. The van der Waals surface area contributed by atoms with Crippen LogP contribution in [0.1, 0.15) is 54.8 Å². The number of aliphatic hydroxyl groups excluding tert-OH is 3. The third-order valence-electron chi connectivity index (χ3n) is 9.32. The van der Waals surface area contributed by atoms with Crippen molar-refractivity contribution in [2.75, 3.05) is 26.8 Å². The van der Waals surface area contributed by atoms with Gasteiger partial charge in [0.25, 0.3) is 0 Å². The first-order chi connectivity index (χ1) is 21.4. The van der Waals surface area contributed by atoms with Gasteiger partial charge in [-0.05, 0) is 60.1 Å². The first kappa shape index (κ1) is 30.2. The number of H-pyrrole nitrogens is 1. The normalized spacial score (nSPS) is 22.7. The van der Waals surface area contributed by atoms with Crippen molar-refractivity contribution < 1.29 is 34.4 Å². The minimum absolute atomic E-state index is 0.0548. The number of hydrogen-bond donors (Lipinski definition) is 5. The second kappa shape index (κ2) is 13.0. The minimum atomic E-state index is -1.14. The van der Waals surface area contributed by atoms with E-state index in [0.717, 1.165) is 42.3 Å². The third kappa shape index (κ3) is 5.81. The standard InChI is InChI=1S/C34H41N3O7/c1-43-28-15-21(19-39)14-24-30-25(34(42)35-11-13-38)18-27(31(41)33(30)44-32(24)28)37(29(40)16-20-6-2-3-7-20)12-10-23-17-22-8-4-5-9-26(22)36-23/h4-5,8-9,14-15,17-18,20,27,30-31,33,36,38-39,41H,2-3,6-7,10-13,16,19H2,1H3,(H,35,42). The maximum Gasteiger partial charge on any atom is 0.247 e. The van der Waals surface area contributed by atoms with Gasteiger partial charge in [-0.1, -0.05) is 31.0 Å². The largest absolute Gasteiger partial charge is 0.493 e. The minimum Gasteiger partial charge on any atom is -0.493 e. The molecule has 1 fully saturated rings. The molecule has 0 radical (unpaired) electrons. The van der Waals surface area contributed by atoms with Crippen molar-refractivity contribution in [3.63, 3.8) is 0 Å². The van der Waals surface area contributed by atoms with Crippen molar-refractivity contribution in [2.45, 2.75) is 69.3 Å². The van der Waals surface area contributed by atoms with Crippen molar-refractivity contribution in [3.8, 4) is 11.5 Å². The monoisotopic (exact) mass is 603 g/mol. The van der Waals surface area contributed by atoms with Gasteiger partial charge in [0.2, 0.25) is 11.8 Å². The molecule has 1 aromatic heterocycles. The second-order valence-corrected chi connectivity index (χ2v) is 12.1. The summed E-state index contributed by atoms with van der Waals surface area (Å²) in [7, 11) is 1.50. The highest BCUT2D eigenvalue weighted by Crippen LogP contribution is 2.51. The number of amides is 2. The smallest absolute Gasteiger partial charge is 0.247 e. The fourth-order valence-corrected chi connectivity index (χ4v) is 7.15. The highest BCUT2D eigenvalue weighted by molar-refractivity contribution is 5.96. The Morgan fingerprint density at radius 3 is 2.66 bits per heavy atom. The van der Waals surface area contributed by atoms with E-state index >= 15 is 0 Å². The summed E-state index contributed by atoms with van der Waals surface area (Å²) in [6.45, 7) is -0.0753. The van der Waals surface area contributed by atoms with Gasteiger partial charge >= 0.3 is 0 Å². The summed E-state index contributed by atoms with van der Waals surface area (Å²) < 4.78 is 11.9. The molecular formula is C34H41N3O7. The van der Waals surface area contributed by atoms with Crippen LogP contribution in [0.25, 0.3) is 10.9 Å². The molecule has 0 spiro atoms. The Balaban J connectivity index is 1.37. The summed E-state index contributed by atoms with van der Waals surface area (Å²) in [6, 6.07) is 12.7. The Morgan fingerprint density at radius 1 is 1.14 bits per heavy atom. The van der Waals surface area contributed by atoms with Crippen LogP contribution in [-0.4, -0.2) is 82.1 Å². The predicted octanol–water partition coefficient (Wildman–Crippen LogP) is 2.94. The average molecular weight is 604 g/mol. The number of fused-ring (bicyclic) bond motifs is 4. The summed E-state index contributed by atoms with van der Waals surface area (Å²) in [5.74, 6) is -0.0195. The number of nitrogens with one attached hydrogen (secondary N) is 2. The quantitative estimate of drug-likeness (QED) is 0.227. The molecule has 44 heavy (non-hydrogen) atoms. The number of ether oxygens (including phenoxy) is 2. The number of aliphatic hydroxyl groups is 3. The molecule has 2 amide bonds. The topological polar surface area (TPSA) is 144 Å². The zero-order chi connectivity index (χ0) is 30.8. The van der Waals surface area contributed by atoms with Crippen molar-refractivity contribution in [1.29, 1.82) is 0 Å². The molecule has 4 atom stereocenters. The Bertz CT molecular complexity index is 1510. The first-order valence-corrected chi connectivity index (χ1v) is 15.5. The molecule has 2 aromatic carbocycles. The zero-order valence-corrected chi connectivity index (χ0v) is 25.0. The molecule has 0 bridgehead atoms. The van der Waals surface area contributed by atoms with Crippen LogP contribution in [0.5, 0.6) is 11.5 Å². The Kier molecular flexibility index (Phi) is 8.93. The molecule has 1 aliphatic heterocycles. The van der Waals surface area contributed by atoms with E-state index in [9.17, 15) is 24.9 Å². The number of aromatic nitrogens is 1. The third-order valence-corrected chi connectivity index (χ3v) is 9.32. The van der Waals surface area contributed by atoms with Crippen LogP contribution in [0.4, 0.5) is 0 Å². The number of carbonyl (C=O) groups excluding carboxylic acids is 2. The van der Waals surface area contributed by atoms with Gasteiger partial charge in [-0.3, -0.25) is 9.59 Å². The van der Waals surface area contributed by atoms with Gasteiger partial charge in [-0.25, -0.2) is 0 Å². The van der Waals surface area contributed by atoms with Gasteiger partial charge in [0.05, 0.1) is 32.3 Å². The van der Waals surface area contributed by atoms with Crippen molar-refractivity contribution in [2.24, 2.45) is 5.92 Å². The number of nitrogens with zero attached hydrogens (tertiary/aromatic N) is 1. The maximum atomic E-state index is 14.0. The van der Waals surface area contributed by atoms with Gasteiger partial charge in [0, 0.05) is 48.3 Å². The zero-order valence-electron chi connectivity index (χ0n) is 25.0. The lowest BCUT2D eigenvalue weighted by molar-refractivity contribution is -0.138. The highest BCUT2D eigenvalue weighted by Gasteiger charge is 2.51. The van der Waals surface area contributed by atoms with E-state index < -0.39 is 30.1 Å².